The van der Waals surface area contributed by atoms with Gasteiger partial charge in [0.1, 0.15) is 30.2 Å². The van der Waals surface area contributed by atoms with Gasteiger partial charge in [0, 0.05) is 17.5 Å². The van der Waals surface area contributed by atoms with Gasteiger partial charge in [-0.15, -0.1) is 6.58 Å². The molecule has 4 aromatic rings. The number of carbonyl (C=O) groups is 3. The van der Waals surface area contributed by atoms with Crippen molar-refractivity contribution in [3.05, 3.63) is 98.1 Å². The second-order valence-corrected chi connectivity index (χ2v) is 11.4. The Morgan fingerprint density at radius 2 is 1.40 bits per heavy atom. The van der Waals surface area contributed by atoms with Crippen LogP contribution >= 0.6 is 0 Å². The Morgan fingerprint density at radius 1 is 0.771 bits per heavy atom. The molecule has 0 aromatic heterocycles. The first-order valence-corrected chi connectivity index (χ1v) is 16.3. The minimum absolute atomic E-state index is 0.138. The molecule has 252 valence electrons. The number of ether oxygens (including phenoxy) is 3. The average Bonchev–Trinajstić information content (AvgIpc) is 3.11. The van der Waals surface area contributed by atoms with Gasteiger partial charge >= 0.3 is 5.97 Å². The number of esters is 1. The summed E-state index contributed by atoms with van der Waals surface area (Å²) in [6.07, 6.45) is 5.72. The first kappa shape index (κ1) is 35.7. The molecule has 9 nitrogen and oxygen atoms in total. The summed E-state index contributed by atoms with van der Waals surface area (Å²) in [5.41, 5.74) is 7.48. The van der Waals surface area contributed by atoms with Crippen LogP contribution in [0.1, 0.15) is 38.5 Å². The van der Waals surface area contributed by atoms with E-state index in [1.165, 1.54) is 13.2 Å². The van der Waals surface area contributed by atoms with Crippen LogP contribution in [0.15, 0.2) is 98.1 Å². The van der Waals surface area contributed by atoms with Crippen molar-refractivity contribution in [1.82, 2.24) is 10.6 Å². The highest BCUT2D eigenvalue weighted by molar-refractivity contribution is 6.09. The molecule has 4 rings (SSSR count). The molecule has 0 spiro atoms. The number of unbranched alkanes of at least 4 members (excludes halogenated alkanes) is 1. The highest BCUT2D eigenvalue weighted by Crippen LogP contribution is 2.45. The number of carbonyl (C=O) groups excluding carboxylic acids is 3. The smallest absolute Gasteiger partial charge is 0.328 e. The van der Waals surface area contributed by atoms with Crippen LogP contribution in [0, 0.1) is 0 Å². The number of benzene rings is 4. The van der Waals surface area contributed by atoms with Gasteiger partial charge in [-0.1, -0.05) is 79.4 Å². The van der Waals surface area contributed by atoms with Crippen LogP contribution in [-0.2, 0) is 19.1 Å². The summed E-state index contributed by atoms with van der Waals surface area (Å²) in [5.74, 6) is 0.0556. The molecule has 4 aromatic carbocycles. The largest absolute Gasteiger partial charge is 0.493 e. The lowest BCUT2D eigenvalue weighted by Gasteiger charge is -2.22. The Morgan fingerprint density at radius 3 is 1.98 bits per heavy atom. The average molecular weight is 652 g/mol. The Hall–Kier alpha value is -5.15. The fourth-order valence-corrected chi connectivity index (χ4v) is 5.65. The van der Waals surface area contributed by atoms with E-state index >= 15 is 0 Å². The Bertz CT molecular complexity index is 1740. The molecule has 0 fully saturated rings. The van der Waals surface area contributed by atoms with Crippen LogP contribution in [0.2, 0.25) is 0 Å². The molecule has 2 unspecified atom stereocenters. The van der Waals surface area contributed by atoms with Crippen LogP contribution in [0.3, 0.4) is 0 Å². The van der Waals surface area contributed by atoms with E-state index in [4.69, 9.17) is 19.9 Å². The van der Waals surface area contributed by atoms with Crippen LogP contribution in [0.5, 0.6) is 11.5 Å². The van der Waals surface area contributed by atoms with E-state index in [9.17, 15) is 14.4 Å². The first-order valence-electron chi connectivity index (χ1n) is 16.3. The summed E-state index contributed by atoms with van der Waals surface area (Å²) in [5, 5.41) is 9.70. The molecule has 0 aliphatic carbocycles. The Labute approximate surface area is 282 Å². The van der Waals surface area contributed by atoms with Crippen molar-refractivity contribution in [2.75, 3.05) is 26.9 Å². The predicted octanol–water partition coefficient (Wildman–Crippen LogP) is 6.23. The normalized spacial score (nSPS) is 12.1. The second kappa shape index (κ2) is 18.3. The number of nitrogens with one attached hydrogen (secondary N) is 2. The maximum absolute atomic E-state index is 13.1. The SMILES string of the molecule is C=CCOc1ccc2ccccc2c1-c1c(OCCCC(=O)NC(CCCCN)C(=O)NC(CC=C)C(=O)OC)ccc2ccccc12. The molecule has 2 amide bonds. The van der Waals surface area contributed by atoms with E-state index in [-0.39, 0.29) is 25.4 Å². The second-order valence-electron chi connectivity index (χ2n) is 11.4. The van der Waals surface area contributed by atoms with Gasteiger partial charge in [0.15, 0.2) is 0 Å². The molecular formula is C39H45N3O6. The van der Waals surface area contributed by atoms with Gasteiger partial charge in [-0.25, -0.2) is 4.79 Å². The highest BCUT2D eigenvalue weighted by atomic mass is 16.5. The molecule has 2 atom stereocenters. The third kappa shape index (κ3) is 9.23. The van der Waals surface area contributed by atoms with Crippen molar-refractivity contribution >= 4 is 39.3 Å². The summed E-state index contributed by atoms with van der Waals surface area (Å²) >= 11 is 0. The number of nitrogens with two attached hydrogens (primary N) is 1. The summed E-state index contributed by atoms with van der Waals surface area (Å²) in [6.45, 7) is 8.55. The number of methoxy groups -OCH3 is 1. The van der Waals surface area contributed by atoms with Gasteiger partial charge in [-0.05, 0) is 72.3 Å². The molecule has 4 N–H and O–H groups in total. The van der Waals surface area contributed by atoms with Gasteiger partial charge < -0.3 is 30.6 Å². The van der Waals surface area contributed by atoms with E-state index in [1.807, 2.05) is 48.5 Å². The standard InChI is InChI=1S/C39H45N3O6/c1-4-13-32(39(45)46-3)42-38(44)31(18-10-11-24-40)41-35(43)19-12-26-48-34-23-21-28-15-7-9-17-30(28)37(34)36-29-16-8-6-14-27(29)20-22-33(36)47-25-5-2/h4-9,14-17,20-23,31-32H,1-2,10-13,18-19,24-26,40H2,3H3,(H,41,43)(H,42,44). The fourth-order valence-electron chi connectivity index (χ4n) is 5.65. The van der Waals surface area contributed by atoms with E-state index in [2.05, 4.69) is 48.1 Å². The molecule has 0 heterocycles. The molecule has 9 heteroatoms. The first-order chi connectivity index (χ1) is 23.4. The van der Waals surface area contributed by atoms with E-state index in [0.717, 1.165) is 38.4 Å². The zero-order valence-electron chi connectivity index (χ0n) is 27.5. The molecule has 48 heavy (non-hydrogen) atoms. The number of hydrogen-bond donors (Lipinski definition) is 3. The number of fused-ring (bicyclic) bond motifs is 2. The summed E-state index contributed by atoms with van der Waals surface area (Å²) < 4.78 is 17.4. The van der Waals surface area contributed by atoms with Gasteiger partial charge in [-0.2, -0.15) is 0 Å². The molecule has 0 saturated carbocycles. The van der Waals surface area contributed by atoms with Crippen LogP contribution in [0.25, 0.3) is 32.7 Å². The zero-order valence-corrected chi connectivity index (χ0v) is 27.5. The van der Waals surface area contributed by atoms with Gasteiger partial charge in [0.25, 0.3) is 0 Å². The minimum Gasteiger partial charge on any atom is -0.493 e. The highest BCUT2D eigenvalue weighted by Gasteiger charge is 2.26. The van der Waals surface area contributed by atoms with Crippen LogP contribution in [-0.4, -0.2) is 56.7 Å². The molecule has 0 aliphatic heterocycles. The Balaban J connectivity index is 1.51. The molecule has 0 saturated heterocycles. The third-order valence-electron chi connectivity index (χ3n) is 8.00. The molecule has 0 bridgehead atoms. The lowest BCUT2D eigenvalue weighted by atomic mass is 9.92. The monoisotopic (exact) mass is 651 g/mol. The van der Waals surface area contributed by atoms with E-state index in [0.29, 0.717) is 44.6 Å². The van der Waals surface area contributed by atoms with Crippen molar-refractivity contribution < 1.29 is 28.6 Å². The number of rotatable bonds is 19. The fraction of sp³-hybridized carbons (Fsp3) is 0.308. The molecular weight excluding hydrogens is 606 g/mol. The van der Waals surface area contributed by atoms with Crippen LogP contribution < -0.4 is 25.8 Å². The Kier molecular flexibility index (Phi) is 13.6. The van der Waals surface area contributed by atoms with E-state index in [1.54, 1.807) is 6.08 Å². The topological polar surface area (TPSA) is 129 Å². The third-order valence-corrected chi connectivity index (χ3v) is 8.00. The van der Waals surface area contributed by atoms with Crippen molar-refractivity contribution in [2.24, 2.45) is 5.73 Å². The van der Waals surface area contributed by atoms with Crippen molar-refractivity contribution in [1.29, 1.82) is 0 Å². The van der Waals surface area contributed by atoms with Gasteiger partial charge in [-0.3, -0.25) is 9.59 Å². The van der Waals surface area contributed by atoms with Gasteiger partial charge in [0.05, 0.1) is 13.7 Å². The maximum Gasteiger partial charge on any atom is 0.328 e. The lowest BCUT2D eigenvalue weighted by molar-refractivity contribution is -0.145. The minimum atomic E-state index is -0.886. The molecule has 0 radical (unpaired) electrons. The van der Waals surface area contributed by atoms with Crippen LogP contribution in [0.4, 0.5) is 0 Å². The zero-order chi connectivity index (χ0) is 34.3. The van der Waals surface area contributed by atoms with E-state index < -0.39 is 24.0 Å². The van der Waals surface area contributed by atoms with Crippen molar-refractivity contribution in [2.45, 2.75) is 50.6 Å². The summed E-state index contributed by atoms with van der Waals surface area (Å²) in [6, 6.07) is 22.6. The van der Waals surface area contributed by atoms with Crippen molar-refractivity contribution in [3.63, 3.8) is 0 Å². The lowest BCUT2D eigenvalue weighted by Crippen LogP contribution is -2.51. The number of amides is 2. The van der Waals surface area contributed by atoms with Crippen molar-refractivity contribution in [3.8, 4) is 22.6 Å². The summed E-state index contributed by atoms with van der Waals surface area (Å²) in [4.78, 5) is 38.3. The summed E-state index contributed by atoms with van der Waals surface area (Å²) in [7, 11) is 1.26. The van der Waals surface area contributed by atoms with Gasteiger partial charge in [0.2, 0.25) is 11.8 Å². The number of hydrogen-bond acceptors (Lipinski definition) is 7. The molecule has 0 aliphatic rings. The maximum atomic E-state index is 13.1. The quantitative estimate of drug-likeness (QED) is 0.0623. The predicted molar refractivity (Wildman–Crippen MR) is 191 cm³/mol.